The van der Waals surface area contributed by atoms with Gasteiger partial charge in [0.05, 0.1) is 16.4 Å². The lowest BCUT2D eigenvalue weighted by molar-refractivity contribution is 1.05. The van der Waals surface area contributed by atoms with Gasteiger partial charge in [0.15, 0.2) is 0 Å². The van der Waals surface area contributed by atoms with Gasteiger partial charge in [0.1, 0.15) is 0 Å². The number of nitrogens with one attached hydrogen (secondary N) is 1. The molecule has 0 saturated heterocycles. The number of H-pyrrole nitrogens is 1. The second-order valence-electron chi connectivity index (χ2n) is 2.86. The summed E-state index contributed by atoms with van der Waals surface area (Å²) in [7, 11) is 0. The molecule has 0 saturated carbocycles. The summed E-state index contributed by atoms with van der Waals surface area (Å²) in [5, 5.41) is 7.64. The van der Waals surface area contributed by atoms with Crippen molar-refractivity contribution in [2.45, 2.75) is 6.92 Å². The Hall–Kier alpha value is -1.28. The molecule has 0 fully saturated rings. The molecule has 66 valence electrons. The van der Waals surface area contributed by atoms with Gasteiger partial charge in [-0.3, -0.25) is 5.10 Å². The summed E-state index contributed by atoms with van der Waals surface area (Å²) in [6, 6.07) is 9.92. The topological polar surface area (TPSA) is 28.7 Å². The predicted octanol–water partition coefficient (Wildman–Crippen LogP) is 3.04. The van der Waals surface area contributed by atoms with E-state index in [9.17, 15) is 0 Å². The van der Waals surface area contributed by atoms with Crippen LogP contribution in [-0.2, 0) is 0 Å². The Bertz CT molecular complexity index is 406. The highest BCUT2D eigenvalue weighted by Crippen LogP contribution is 2.27. The highest BCUT2D eigenvalue weighted by molar-refractivity contribution is 6.33. The van der Waals surface area contributed by atoms with Gasteiger partial charge in [0, 0.05) is 5.56 Å². The molecule has 1 aromatic heterocycles. The van der Waals surface area contributed by atoms with Gasteiger partial charge in [-0.15, -0.1) is 0 Å². The summed E-state index contributed by atoms with van der Waals surface area (Å²) in [4.78, 5) is 0. The first kappa shape index (κ1) is 8.32. The third-order valence-electron chi connectivity index (χ3n) is 1.94. The third kappa shape index (κ3) is 1.45. The molecule has 0 aliphatic heterocycles. The van der Waals surface area contributed by atoms with Gasteiger partial charge in [0.25, 0.3) is 0 Å². The van der Waals surface area contributed by atoms with E-state index in [1.807, 2.05) is 37.3 Å². The Balaban J connectivity index is 2.53. The molecule has 3 heteroatoms. The molecular weight excluding hydrogens is 184 g/mol. The van der Waals surface area contributed by atoms with Gasteiger partial charge in [-0.2, -0.15) is 5.10 Å². The largest absolute Gasteiger partial charge is 0.276 e. The van der Waals surface area contributed by atoms with Crippen molar-refractivity contribution in [1.82, 2.24) is 10.2 Å². The lowest BCUT2D eigenvalue weighted by atomic mass is 10.1. The SMILES string of the molecule is Cc1n[nH]c(-c2ccccc2)c1Cl. The highest BCUT2D eigenvalue weighted by atomic mass is 35.5. The van der Waals surface area contributed by atoms with Crippen molar-refractivity contribution in [1.29, 1.82) is 0 Å². The van der Waals surface area contributed by atoms with Gasteiger partial charge < -0.3 is 0 Å². The number of hydrogen-bond acceptors (Lipinski definition) is 1. The second kappa shape index (κ2) is 3.23. The molecule has 0 atom stereocenters. The van der Waals surface area contributed by atoms with E-state index in [0.29, 0.717) is 5.02 Å². The van der Waals surface area contributed by atoms with E-state index in [2.05, 4.69) is 10.2 Å². The van der Waals surface area contributed by atoms with E-state index in [1.165, 1.54) is 0 Å². The maximum absolute atomic E-state index is 6.05. The Kier molecular flexibility index (Phi) is 2.07. The average Bonchev–Trinajstić information content (AvgIpc) is 2.49. The minimum Gasteiger partial charge on any atom is -0.276 e. The van der Waals surface area contributed by atoms with Crippen molar-refractivity contribution in [3.05, 3.63) is 41.0 Å². The van der Waals surface area contributed by atoms with Gasteiger partial charge in [-0.05, 0) is 6.92 Å². The van der Waals surface area contributed by atoms with Crippen molar-refractivity contribution < 1.29 is 0 Å². The van der Waals surface area contributed by atoms with Crippen LogP contribution in [-0.4, -0.2) is 10.2 Å². The molecule has 0 radical (unpaired) electrons. The predicted molar refractivity (Wildman–Crippen MR) is 53.8 cm³/mol. The van der Waals surface area contributed by atoms with Crippen LogP contribution in [0.1, 0.15) is 5.69 Å². The molecule has 1 aromatic carbocycles. The van der Waals surface area contributed by atoms with Gasteiger partial charge in [-0.25, -0.2) is 0 Å². The number of aromatic amines is 1. The smallest absolute Gasteiger partial charge is 0.0892 e. The van der Waals surface area contributed by atoms with Gasteiger partial charge in [-0.1, -0.05) is 41.9 Å². The first-order chi connectivity index (χ1) is 6.29. The monoisotopic (exact) mass is 192 g/mol. The number of hydrogen-bond donors (Lipinski definition) is 1. The van der Waals surface area contributed by atoms with E-state index >= 15 is 0 Å². The number of benzene rings is 1. The Morgan fingerprint density at radius 2 is 1.92 bits per heavy atom. The zero-order valence-electron chi connectivity index (χ0n) is 7.21. The normalized spacial score (nSPS) is 10.3. The second-order valence-corrected chi connectivity index (χ2v) is 3.24. The van der Waals surface area contributed by atoms with Crippen LogP contribution in [0.2, 0.25) is 5.02 Å². The molecule has 1 heterocycles. The molecule has 0 aliphatic rings. The average molecular weight is 193 g/mol. The number of aryl methyl sites for hydroxylation is 1. The van der Waals surface area contributed by atoms with Crippen LogP contribution in [0.5, 0.6) is 0 Å². The molecule has 0 aliphatic carbocycles. The number of nitrogens with zero attached hydrogens (tertiary/aromatic N) is 1. The van der Waals surface area contributed by atoms with Crippen LogP contribution in [0.4, 0.5) is 0 Å². The van der Waals surface area contributed by atoms with E-state index in [4.69, 9.17) is 11.6 Å². The van der Waals surface area contributed by atoms with Crippen molar-refractivity contribution in [2.75, 3.05) is 0 Å². The Labute approximate surface area is 81.6 Å². The molecule has 0 bridgehead atoms. The standard InChI is InChI=1S/C10H9ClN2/c1-7-9(11)10(13-12-7)8-5-3-2-4-6-8/h2-6H,1H3,(H,12,13). The first-order valence-electron chi connectivity index (χ1n) is 4.05. The zero-order chi connectivity index (χ0) is 9.26. The van der Waals surface area contributed by atoms with Crippen molar-refractivity contribution in [3.63, 3.8) is 0 Å². The van der Waals surface area contributed by atoms with Crippen LogP contribution in [0.3, 0.4) is 0 Å². The maximum Gasteiger partial charge on any atom is 0.0892 e. The van der Waals surface area contributed by atoms with E-state index in [-0.39, 0.29) is 0 Å². The Morgan fingerprint density at radius 3 is 2.46 bits per heavy atom. The van der Waals surface area contributed by atoms with E-state index in [1.54, 1.807) is 0 Å². The summed E-state index contributed by atoms with van der Waals surface area (Å²) in [6.45, 7) is 1.88. The maximum atomic E-state index is 6.05. The zero-order valence-corrected chi connectivity index (χ0v) is 7.97. The minimum atomic E-state index is 0.700. The van der Waals surface area contributed by atoms with Crippen LogP contribution in [0.15, 0.2) is 30.3 Å². The molecule has 0 amide bonds. The lowest BCUT2D eigenvalue weighted by Gasteiger charge is -1.96. The number of halogens is 1. The summed E-state index contributed by atoms with van der Waals surface area (Å²) in [5.41, 5.74) is 2.79. The number of rotatable bonds is 1. The minimum absolute atomic E-state index is 0.700. The van der Waals surface area contributed by atoms with Crippen LogP contribution in [0.25, 0.3) is 11.3 Å². The first-order valence-corrected chi connectivity index (χ1v) is 4.42. The molecular formula is C10H9ClN2. The summed E-state index contributed by atoms with van der Waals surface area (Å²) < 4.78 is 0. The van der Waals surface area contributed by atoms with Crippen LogP contribution < -0.4 is 0 Å². The molecule has 0 spiro atoms. The number of aromatic nitrogens is 2. The van der Waals surface area contributed by atoms with E-state index < -0.39 is 0 Å². The summed E-state index contributed by atoms with van der Waals surface area (Å²) in [5.74, 6) is 0. The fourth-order valence-electron chi connectivity index (χ4n) is 1.21. The van der Waals surface area contributed by atoms with Crippen molar-refractivity contribution in [3.8, 4) is 11.3 Å². The van der Waals surface area contributed by atoms with Crippen molar-refractivity contribution in [2.24, 2.45) is 0 Å². The molecule has 0 unspecified atom stereocenters. The van der Waals surface area contributed by atoms with Crippen molar-refractivity contribution >= 4 is 11.6 Å². The van der Waals surface area contributed by atoms with Crippen LogP contribution in [0, 0.1) is 6.92 Å². The molecule has 2 rings (SSSR count). The van der Waals surface area contributed by atoms with Gasteiger partial charge in [0.2, 0.25) is 0 Å². The quantitative estimate of drug-likeness (QED) is 0.739. The molecule has 13 heavy (non-hydrogen) atoms. The third-order valence-corrected chi connectivity index (χ3v) is 2.40. The summed E-state index contributed by atoms with van der Waals surface area (Å²) in [6.07, 6.45) is 0. The van der Waals surface area contributed by atoms with Gasteiger partial charge >= 0.3 is 0 Å². The molecule has 2 nitrogen and oxygen atoms in total. The van der Waals surface area contributed by atoms with Crippen LogP contribution >= 0.6 is 11.6 Å². The Morgan fingerprint density at radius 1 is 1.23 bits per heavy atom. The molecule has 1 N–H and O–H groups in total. The van der Waals surface area contributed by atoms with E-state index in [0.717, 1.165) is 17.0 Å². The fraction of sp³-hybridized carbons (Fsp3) is 0.100. The highest BCUT2D eigenvalue weighted by Gasteiger charge is 2.07. The summed E-state index contributed by atoms with van der Waals surface area (Å²) >= 11 is 6.05. The molecule has 2 aromatic rings. The fourth-order valence-corrected chi connectivity index (χ4v) is 1.41. The lowest BCUT2D eigenvalue weighted by Crippen LogP contribution is -1.76.